The van der Waals surface area contributed by atoms with Crippen LogP contribution in [0.2, 0.25) is 0 Å². The molecule has 0 bridgehead atoms. The molecule has 1 aliphatic rings. The molecule has 2 rings (SSSR count). The van der Waals surface area contributed by atoms with Gasteiger partial charge in [-0.2, -0.15) is 5.10 Å². The van der Waals surface area contributed by atoms with Crippen molar-refractivity contribution >= 4 is 11.9 Å². The maximum atomic E-state index is 12.1. The van der Waals surface area contributed by atoms with E-state index in [1.54, 1.807) is 24.0 Å². The minimum Gasteiger partial charge on any atom is -0.383 e. The molecule has 1 amide bonds. The normalized spacial score (nSPS) is 18.2. The first-order chi connectivity index (χ1) is 12.4. The van der Waals surface area contributed by atoms with Crippen molar-refractivity contribution in [1.29, 1.82) is 0 Å². The van der Waals surface area contributed by atoms with E-state index in [0.717, 1.165) is 18.4 Å². The van der Waals surface area contributed by atoms with Crippen LogP contribution in [0.5, 0.6) is 0 Å². The third-order valence-electron chi connectivity index (χ3n) is 4.62. The predicted molar refractivity (Wildman–Crippen MR) is 102 cm³/mol. The number of hydrogen-bond acceptors (Lipinski definition) is 4. The van der Waals surface area contributed by atoms with Gasteiger partial charge in [0.25, 0.3) is 0 Å². The van der Waals surface area contributed by atoms with Crippen LogP contribution in [0.3, 0.4) is 0 Å². The van der Waals surface area contributed by atoms with Crippen LogP contribution in [0.15, 0.2) is 17.4 Å². The van der Waals surface area contributed by atoms with E-state index in [0.29, 0.717) is 12.5 Å². The maximum absolute atomic E-state index is 12.1. The number of carbonyl (C=O) groups excluding carboxylic acids is 1. The zero-order chi connectivity index (χ0) is 19.0. The van der Waals surface area contributed by atoms with E-state index in [-0.39, 0.29) is 25.0 Å². The van der Waals surface area contributed by atoms with Crippen molar-refractivity contribution in [2.75, 3.05) is 19.6 Å². The summed E-state index contributed by atoms with van der Waals surface area (Å²) >= 11 is 0. The Morgan fingerprint density at radius 1 is 1.38 bits per heavy atom. The van der Waals surface area contributed by atoms with Gasteiger partial charge in [0.05, 0.1) is 12.7 Å². The summed E-state index contributed by atoms with van der Waals surface area (Å²) in [5.74, 6) is 0.448. The van der Waals surface area contributed by atoms with Crippen LogP contribution in [0.4, 0.5) is 0 Å². The van der Waals surface area contributed by atoms with E-state index in [9.17, 15) is 9.90 Å². The van der Waals surface area contributed by atoms with Gasteiger partial charge in [-0.1, -0.05) is 19.3 Å². The molecule has 0 radical (unpaired) electrons. The fourth-order valence-electron chi connectivity index (χ4n) is 3.07. The molecule has 0 aliphatic heterocycles. The smallest absolute Gasteiger partial charge is 0.242 e. The number of hydrogen-bond donors (Lipinski definition) is 4. The molecule has 1 heterocycles. The highest BCUT2D eigenvalue weighted by molar-refractivity contribution is 5.85. The summed E-state index contributed by atoms with van der Waals surface area (Å²) in [6, 6.07) is 0.285. The SMILES string of the molecule is CCNC(=NCC(=O)NC1CCCCC1)NCC(C)(O)c1cnn(C)c1. The van der Waals surface area contributed by atoms with Crippen LogP contribution in [0, 0.1) is 0 Å². The molecule has 1 unspecified atom stereocenters. The van der Waals surface area contributed by atoms with E-state index in [2.05, 4.69) is 26.0 Å². The molecule has 1 aromatic rings. The lowest BCUT2D eigenvalue weighted by Crippen LogP contribution is -2.45. The average Bonchev–Trinajstić information content (AvgIpc) is 3.06. The monoisotopic (exact) mass is 364 g/mol. The van der Waals surface area contributed by atoms with E-state index >= 15 is 0 Å². The van der Waals surface area contributed by atoms with Crippen molar-refractivity contribution in [2.45, 2.75) is 57.6 Å². The van der Waals surface area contributed by atoms with Crippen molar-refractivity contribution in [3.8, 4) is 0 Å². The summed E-state index contributed by atoms with van der Waals surface area (Å²) < 4.78 is 1.65. The highest BCUT2D eigenvalue weighted by Crippen LogP contribution is 2.18. The minimum atomic E-state index is -1.09. The van der Waals surface area contributed by atoms with Gasteiger partial charge >= 0.3 is 0 Å². The number of carbonyl (C=O) groups is 1. The Morgan fingerprint density at radius 2 is 2.12 bits per heavy atom. The molecule has 0 spiro atoms. The van der Waals surface area contributed by atoms with Crippen molar-refractivity contribution in [1.82, 2.24) is 25.7 Å². The highest BCUT2D eigenvalue weighted by atomic mass is 16.3. The molecule has 1 aliphatic carbocycles. The summed E-state index contributed by atoms with van der Waals surface area (Å²) in [6.45, 7) is 4.68. The molecule has 1 fully saturated rings. The van der Waals surface area contributed by atoms with Crippen LogP contribution in [0.25, 0.3) is 0 Å². The van der Waals surface area contributed by atoms with Crippen LogP contribution >= 0.6 is 0 Å². The zero-order valence-corrected chi connectivity index (χ0v) is 16.1. The molecule has 8 nitrogen and oxygen atoms in total. The van der Waals surface area contributed by atoms with Gasteiger partial charge in [0.2, 0.25) is 5.91 Å². The van der Waals surface area contributed by atoms with Crippen LogP contribution in [-0.2, 0) is 17.4 Å². The first-order valence-electron chi connectivity index (χ1n) is 9.44. The standard InChI is InChI=1S/C18H32N6O2/c1-4-19-17(20-11-16(25)23-15-8-6-5-7-9-15)21-13-18(2,26)14-10-22-24(3)12-14/h10,12,15,26H,4-9,11,13H2,1-3H3,(H,23,25)(H2,19,20,21). The van der Waals surface area contributed by atoms with Crippen molar-refractivity contribution in [2.24, 2.45) is 12.0 Å². The van der Waals surface area contributed by atoms with Crippen molar-refractivity contribution in [3.63, 3.8) is 0 Å². The molecular weight excluding hydrogens is 332 g/mol. The lowest BCUT2D eigenvalue weighted by molar-refractivity contribution is -0.120. The number of aromatic nitrogens is 2. The molecule has 26 heavy (non-hydrogen) atoms. The Kier molecular flexibility index (Phi) is 7.44. The molecule has 146 valence electrons. The number of guanidine groups is 1. The first kappa shape index (κ1) is 20.2. The lowest BCUT2D eigenvalue weighted by Gasteiger charge is -2.24. The van der Waals surface area contributed by atoms with E-state index in [1.807, 2.05) is 14.0 Å². The largest absolute Gasteiger partial charge is 0.383 e. The molecular formula is C18H32N6O2. The highest BCUT2D eigenvalue weighted by Gasteiger charge is 2.25. The molecule has 8 heteroatoms. The number of amides is 1. The fourth-order valence-corrected chi connectivity index (χ4v) is 3.07. The van der Waals surface area contributed by atoms with Gasteiger partial charge < -0.3 is 21.1 Å². The van der Waals surface area contributed by atoms with Gasteiger partial charge in [0.15, 0.2) is 5.96 Å². The zero-order valence-electron chi connectivity index (χ0n) is 16.1. The third kappa shape index (κ3) is 6.33. The van der Waals surface area contributed by atoms with Gasteiger partial charge in [0, 0.05) is 31.4 Å². The minimum absolute atomic E-state index is 0.0619. The number of nitrogens with one attached hydrogen (secondary N) is 3. The summed E-state index contributed by atoms with van der Waals surface area (Å²) in [4.78, 5) is 16.4. The lowest BCUT2D eigenvalue weighted by atomic mass is 9.95. The quantitative estimate of drug-likeness (QED) is 0.420. The van der Waals surface area contributed by atoms with E-state index in [1.165, 1.54) is 19.3 Å². The number of rotatable bonds is 7. The van der Waals surface area contributed by atoms with Gasteiger partial charge in [-0.25, -0.2) is 4.99 Å². The van der Waals surface area contributed by atoms with Gasteiger partial charge in [-0.15, -0.1) is 0 Å². The first-order valence-corrected chi connectivity index (χ1v) is 9.44. The third-order valence-corrected chi connectivity index (χ3v) is 4.62. The Balaban J connectivity index is 1.86. The van der Waals surface area contributed by atoms with Gasteiger partial charge in [-0.05, 0) is 26.7 Å². The van der Waals surface area contributed by atoms with Crippen molar-refractivity contribution < 1.29 is 9.90 Å². The Bertz CT molecular complexity index is 605. The summed E-state index contributed by atoms with van der Waals surface area (Å²) in [5.41, 5.74) is -0.368. The van der Waals surface area contributed by atoms with Gasteiger partial charge in [0.1, 0.15) is 12.1 Å². The molecule has 1 saturated carbocycles. The van der Waals surface area contributed by atoms with E-state index in [4.69, 9.17) is 0 Å². The second kappa shape index (κ2) is 9.56. The number of nitrogens with zero attached hydrogens (tertiary/aromatic N) is 3. The average molecular weight is 364 g/mol. The molecule has 0 saturated heterocycles. The number of aliphatic imine (C=N–C) groups is 1. The molecule has 1 aromatic heterocycles. The maximum Gasteiger partial charge on any atom is 0.242 e. The Morgan fingerprint density at radius 3 is 2.73 bits per heavy atom. The second-order valence-electron chi connectivity index (χ2n) is 7.13. The predicted octanol–water partition coefficient (Wildman–Crippen LogP) is 0.632. The number of aliphatic hydroxyl groups is 1. The van der Waals surface area contributed by atoms with Crippen LogP contribution < -0.4 is 16.0 Å². The second-order valence-corrected chi connectivity index (χ2v) is 7.13. The van der Waals surface area contributed by atoms with Crippen LogP contribution in [0.1, 0.15) is 51.5 Å². The van der Waals surface area contributed by atoms with Crippen molar-refractivity contribution in [3.05, 3.63) is 18.0 Å². The fraction of sp³-hybridized carbons (Fsp3) is 0.722. The van der Waals surface area contributed by atoms with E-state index < -0.39 is 5.60 Å². The Labute approximate surface area is 155 Å². The Hall–Kier alpha value is -2.09. The van der Waals surface area contributed by atoms with Gasteiger partial charge in [-0.3, -0.25) is 9.48 Å². The summed E-state index contributed by atoms with van der Waals surface area (Å²) in [6.07, 6.45) is 9.16. The molecule has 4 N–H and O–H groups in total. The molecule has 0 aromatic carbocycles. The summed E-state index contributed by atoms with van der Waals surface area (Å²) in [5, 5.41) is 24.0. The topological polar surface area (TPSA) is 104 Å². The number of aryl methyl sites for hydroxylation is 1. The van der Waals surface area contributed by atoms with Crippen LogP contribution in [-0.4, -0.2) is 52.4 Å². The summed E-state index contributed by atoms with van der Waals surface area (Å²) in [7, 11) is 1.81. The molecule has 1 atom stereocenters.